The van der Waals surface area contributed by atoms with Crippen molar-refractivity contribution in [2.75, 3.05) is 55.8 Å². The van der Waals surface area contributed by atoms with E-state index in [9.17, 15) is 14.7 Å². The maximum Gasteiger partial charge on any atom is 0.311 e. The van der Waals surface area contributed by atoms with Gasteiger partial charge < -0.3 is 38.0 Å². The number of hydrogen-bond acceptors (Lipinski definition) is 15. The van der Waals surface area contributed by atoms with E-state index in [1.807, 2.05) is 123 Å². The summed E-state index contributed by atoms with van der Waals surface area (Å²) in [5.41, 5.74) is 5.93. The minimum atomic E-state index is -0.781. The van der Waals surface area contributed by atoms with Gasteiger partial charge in [0, 0.05) is 74.9 Å². The lowest BCUT2D eigenvalue weighted by Crippen LogP contribution is -2.27. The molecule has 0 unspecified atom stereocenters. The number of aromatic nitrogens is 6. The first kappa shape index (κ1) is 50.5. The van der Waals surface area contributed by atoms with Crippen LogP contribution in [0.2, 0.25) is 0 Å². The van der Waals surface area contributed by atoms with Crippen molar-refractivity contribution in [2.45, 2.75) is 46.5 Å². The van der Waals surface area contributed by atoms with Crippen molar-refractivity contribution in [2.24, 2.45) is 23.7 Å². The second-order valence-electron chi connectivity index (χ2n) is 18.4. The summed E-state index contributed by atoms with van der Waals surface area (Å²) in [4.78, 5) is 55.1. The molecular weight excluding hydrogens is 937 g/mol. The van der Waals surface area contributed by atoms with Gasteiger partial charge in [-0.15, -0.1) is 0 Å². The molecule has 0 radical (unpaired) electrons. The number of anilines is 2. The highest BCUT2D eigenvalue weighted by Crippen LogP contribution is 2.32. The van der Waals surface area contributed by atoms with Gasteiger partial charge in [-0.1, -0.05) is 60.7 Å². The van der Waals surface area contributed by atoms with Crippen molar-refractivity contribution in [3.63, 3.8) is 0 Å². The summed E-state index contributed by atoms with van der Waals surface area (Å²) in [5.74, 6) is 4.12. The molecule has 2 aliphatic rings. The van der Waals surface area contributed by atoms with Gasteiger partial charge >= 0.3 is 11.9 Å². The molecule has 16 nitrogen and oxygen atoms in total. The van der Waals surface area contributed by atoms with E-state index >= 15 is 0 Å². The summed E-state index contributed by atoms with van der Waals surface area (Å²) in [7, 11) is 0. The number of nitrogens with zero attached hydrogens (tertiary/aromatic N) is 8. The first-order valence-corrected chi connectivity index (χ1v) is 25.1. The van der Waals surface area contributed by atoms with Gasteiger partial charge in [-0.05, 0) is 117 Å². The average molecular weight is 997 g/mol. The molecule has 380 valence electrons. The van der Waals surface area contributed by atoms with Crippen molar-refractivity contribution < 1.29 is 37.7 Å². The van der Waals surface area contributed by atoms with E-state index in [0.717, 1.165) is 63.1 Å². The van der Waals surface area contributed by atoms with Crippen LogP contribution in [-0.2, 0) is 40.0 Å². The average Bonchev–Trinajstić information content (AvgIpc) is 4.24. The van der Waals surface area contributed by atoms with E-state index in [4.69, 9.17) is 23.0 Å². The second kappa shape index (κ2) is 24.3. The van der Waals surface area contributed by atoms with Gasteiger partial charge in [-0.3, -0.25) is 9.59 Å². The molecule has 74 heavy (non-hydrogen) atoms. The Bertz CT molecular complexity index is 3030. The number of hydrogen-bond donors (Lipinski definition) is 1. The largest absolute Gasteiger partial charge is 0.493 e. The molecule has 0 aliphatic carbocycles. The molecular formula is C58H60N8O8. The van der Waals surface area contributed by atoms with E-state index in [2.05, 4.69) is 46.9 Å². The van der Waals surface area contributed by atoms with Crippen LogP contribution in [0.4, 0.5) is 11.9 Å². The maximum atomic E-state index is 12.7. The number of oxazole rings is 2. The van der Waals surface area contributed by atoms with Gasteiger partial charge in [-0.2, -0.15) is 0 Å². The topological polar surface area (TPSA) is 192 Å². The third kappa shape index (κ3) is 13.0. The molecule has 8 aromatic rings. The lowest BCUT2D eigenvalue weighted by molar-refractivity contribution is -0.148. The highest BCUT2D eigenvalue weighted by molar-refractivity contribution is 5.75. The van der Waals surface area contributed by atoms with Crippen LogP contribution in [0.25, 0.3) is 22.9 Å². The first-order valence-electron chi connectivity index (χ1n) is 25.1. The minimum Gasteiger partial charge on any atom is -0.493 e. The molecule has 6 heterocycles. The van der Waals surface area contributed by atoms with Gasteiger partial charge in [0.1, 0.15) is 23.0 Å². The molecule has 2 fully saturated rings. The number of carbonyl (C=O) groups is 2. The Balaban J connectivity index is 0.000000182. The number of carbonyl (C=O) groups excluding carboxylic acids is 1. The fourth-order valence-corrected chi connectivity index (χ4v) is 9.50. The first-order chi connectivity index (χ1) is 36.2. The third-order valence-corrected chi connectivity index (χ3v) is 13.3. The van der Waals surface area contributed by atoms with Crippen LogP contribution in [0.1, 0.15) is 41.0 Å². The smallest absolute Gasteiger partial charge is 0.311 e. The molecule has 16 heteroatoms. The summed E-state index contributed by atoms with van der Waals surface area (Å²) in [6, 6.07) is 39.2. The van der Waals surface area contributed by atoms with E-state index < -0.39 is 11.9 Å². The number of aryl methyl sites for hydroxylation is 2. The van der Waals surface area contributed by atoms with Crippen LogP contribution in [0.3, 0.4) is 0 Å². The predicted octanol–water partition coefficient (Wildman–Crippen LogP) is 9.36. The lowest BCUT2D eigenvalue weighted by atomic mass is 9.90. The SMILES string of the molecule is CCOC(=O)[C@H]1CN(c2ncccn2)C[C@H]1Cc1ccc(OCCc2nc(-c3ccccc3)oc2C)cc1.Cc1oc(-c2ccccc2)nc1CCOc1ccc(C[C@@H]2CN(c3ncccn3)C[C@@H]2C(=O)O)cc1. The van der Waals surface area contributed by atoms with E-state index in [0.29, 0.717) is 88.9 Å². The molecule has 10 rings (SSSR count). The Hall–Kier alpha value is -8.40. The summed E-state index contributed by atoms with van der Waals surface area (Å²) in [5, 5.41) is 9.75. The van der Waals surface area contributed by atoms with Crippen molar-refractivity contribution in [1.29, 1.82) is 0 Å². The number of aliphatic carboxylic acids is 1. The zero-order chi connectivity index (χ0) is 51.2. The fourth-order valence-electron chi connectivity index (χ4n) is 9.50. The van der Waals surface area contributed by atoms with Crippen LogP contribution in [0.15, 0.2) is 155 Å². The normalized spacial score (nSPS) is 17.1. The Kier molecular flexibility index (Phi) is 16.6. The Labute approximate surface area is 430 Å². The van der Waals surface area contributed by atoms with Gasteiger partial charge in [0.15, 0.2) is 0 Å². The molecule has 0 amide bonds. The number of carboxylic acid groups (broad SMARTS) is 1. The number of rotatable bonds is 19. The quantitative estimate of drug-likeness (QED) is 0.0753. The molecule has 2 aliphatic heterocycles. The molecule has 0 bridgehead atoms. The zero-order valence-electron chi connectivity index (χ0n) is 41.8. The van der Waals surface area contributed by atoms with Crippen LogP contribution in [-0.4, -0.2) is 92.9 Å². The minimum absolute atomic E-state index is 0.0213. The molecule has 4 aromatic carbocycles. The second-order valence-corrected chi connectivity index (χ2v) is 18.4. The monoisotopic (exact) mass is 996 g/mol. The van der Waals surface area contributed by atoms with Crippen molar-refractivity contribution >= 4 is 23.8 Å². The van der Waals surface area contributed by atoms with Crippen LogP contribution in [0.5, 0.6) is 11.5 Å². The maximum absolute atomic E-state index is 12.7. The van der Waals surface area contributed by atoms with Crippen molar-refractivity contribution in [3.05, 3.63) is 180 Å². The summed E-state index contributed by atoms with van der Waals surface area (Å²) >= 11 is 0. The fraction of sp³-hybridized carbons (Fsp3) is 0.310. The molecule has 4 atom stereocenters. The molecule has 0 spiro atoms. The van der Waals surface area contributed by atoms with Crippen LogP contribution in [0, 0.1) is 37.5 Å². The van der Waals surface area contributed by atoms with E-state index in [1.165, 1.54) is 0 Å². The van der Waals surface area contributed by atoms with Crippen LogP contribution >= 0.6 is 0 Å². The highest BCUT2D eigenvalue weighted by atomic mass is 16.5. The van der Waals surface area contributed by atoms with Crippen LogP contribution < -0.4 is 19.3 Å². The summed E-state index contributed by atoms with van der Waals surface area (Å²) < 4.78 is 29.0. The molecule has 1 N–H and O–H groups in total. The summed E-state index contributed by atoms with van der Waals surface area (Å²) in [6.45, 7) is 9.33. The number of ether oxygens (including phenoxy) is 3. The van der Waals surface area contributed by atoms with Gasteiger partial charge in [-0.25, -0.2) is 29.9 Å². The summed E-state index contributed by atoms with van der Waals surface area (Å²) in [6.07, 6.45) is 9.52. The lowest BCUT2D eigenvalue weighted by Gasteiger charge is -2.17. The number of carboxylic acids is 1. The molecule has 4 aromatic heterocycles. The van der Waals surface area contributed by atoms with E-state index in [1.54, 1.807) is 36.9 Å². The van der Waals surface area contributed by atoms with Crippen molar-refractivity contribution in [1.82, 2.24) is 29.9 Å². The molecule has 0 saturated carbocycles. The predicted molar refractivity (Wildman–Crippen MR) is 279 cm³/mol. The third-order valence-electron chi connectivity index (χ3n) is 13.3. The Morgan fingerprint density at radius 2 is 0.986 bits per heavy atom. The van der Waals surface area contributed by atoms with E-state index in [-0.39, 0.29) is 23.7 Å². The standard InChI is InChI=1S/C30H32N4O4.C28H28N4O4/c1-3-36-29(35)26-20-34(30-31-15-7-16-32-30)19-24(26)18-22-10-12-25(13-11-22)37-17-14-27-21(2)38-28(33-27)23-8-5-4-6-9-23;1-19-25(31-26(36-19)21-6-3-2-4-7-21)12-15-35-23-10-8-20(9-11-23)16-22-17-32(18-24(22)27(33)34)28-29-13-5-14-30-28/h4-13,15-16,24,26H,3,14,17-20H2,1-2H3;2-11,13-14,22,24H,12,15-18H2,1H3,(H,33,34)/t24-,26+;22-,24+/m11/s1. The van der Waals surface area contributed by atoms with Gasteiger partial charge in [0.05, 0.1) is 43.0 Å². The highest BCUT2D eigenvalue weighted by Gasteiger charge is 2.40. The van der Waals surface area contributed by atoms with Gasteiger partial charge in [0.25, 0.3) is 0 Å². The Morgan fingerprint density at radius 3 is 1.41 bits per heavy atom. The number of esters is 1. The zero-order valence-corrected chi connectivity index (χ0v) is 41.8. The molecule has 2 saturated heterocycles. The Morgan fingerprint density at radius 1 is 0.568 bits per heavy atom. The number of benzene rings is 4. The van der Waals surface area contributed by atoms with Crippen molar-refractivity contribution in [3.8, 4) is 34.4 Å². The van der Waals surface area contributed by atoms with Gasteiger partial charge in [0.2, 0.25) is 23.7 Å².